The molecule has 2 aromatic rings. The normalized spacial score (nSPS) is 18.0. The zero-order valence-electron chi connectivity index (χ0n) is 13.0. The van der Waals surface area contributed by atoms with Crippen molar-refractivity contribution in [3.8, 4) is 0 Å². The largest absolute Gasteiger partial charge is 0.330 e. The first kappa shape index (κ1) is 14.3. The van der Waals surface area contributed by atoms with Gasteiger partial charge in [0.25, 0.3) is 0 Å². The van der Waals surface area contributed by atoms with Gasteiger partial charge in [0.15, 0.2) is 0 Å². The predicted molar refractivity (Wildman–Crippen MR) is 86.6 cm³/mol. The lowest BCUT2D eigenvalue weighted by Gasteiger charge is -2.23. The molecule has 0 saturated carbocycles. The van der Waals surface area contributed by atoms with E-state index < -0.39 is 0 Å². The van der Waals surface area contributed by atoms with E-state index >= 15 is 0 Å². The minimum Gasteiger partial charge on any atom is -0.330 e. The number of nitrogens with two attached hydrogens (primary N) is 1. The molecule has 1 atom stereocenters. The minimum absolute atomic E-state index is 0.416. The summed E-state index contributed by atoms with van der Waals surface area (Å²) >= 11 is 0. The zero-order valence-corrected chi connectivity index (χ0v) is 13.0. The molecule has 21 heavy (non-hydrogen) atoms. The Morgan fingerprint density at radius 1 is 1.29 bits per heavy atom. The second-order valence-electron chi connectivity index (χ2n) is 6.33. The number of fused-ring (bicyclic) bond motifs is 1. The average Bonchev–Trinajstić information content (AvgIpc) is 2.87. The second kappa shape index (κ2) is 6.02. The fourth-order valence-corrected chi connectivity index (χ4v) is 3.50. The van der Waals surface area contributed by atoms with Crippen molar-refractivity contribution in [3.63, 3.8) is 0 Å². The van der Waals surface area contributed by atoms with E-state index in [1.807, 2.05) is 0 Å². The maximum atomic E-state index is 6.03. The van der Waals surface area contributed by atoms with Crippen LogP contribution >= 0.6 is 0 Å². The highest BCUT2D eigenvalue weighted by molar-refractivity contribution is 5.36. The average molecular weight is 283 g/mol. The van der Waals surface area contributed by atoms with E-state index in [1.165, 1.54) is 35.4 Å². The summed E-state index contributed by atoms with van der Waals surface area (Å²) in [7, 11) is 0. The van der Waals surface area contributed by atoms with Crippen LogP contribution in [-0.2, 0) is 12.8 Å². The van der Waals surface area contributed by atoms with Gasteiger partial charge in [0, 0.05) is 23.7 Å². The van der Waals surface area contributed by atoms with Gasteiger partial charge in [0.2, 0.25) is 0 Å². The van der Waals surface area contributed by atoms with Gasteiger partial charge in [-0.05, 0) is 51.1 Å². The number of aromatic nitrogens is 2. The first-order valence-corrected chi connectivity index (χ1v) is 8.04. The molecule has 0 bridgehead atoms. The molecule has 1 unspecified atom stereocenters. The minimum atomic E-state index is 0.416. The molecule has 1 aromatic heterocycles. The lowest BCUT2D eigenvalue weighted by atomic mass is 9.84. The molecular formula is C18H25N3. The van der Waals surface area contributed by atoms with E-state index in [0.29, 0.717) is 12.0 Å². The van der Waals surface area contributed by atoms with E-state index in [2.05, 4.69) is 48.9 Å². The van der Waals surface area contributed by atoms with Crippen molar-refractivity contribution in [2.75, 3.05) is 6.54 Å². The van der Waals surface area contributed by atoms with Crippen molar-refractivity contribution in [2.24, 2.45) is 5.73 Å². The van der Waals surface area contributed by atoms with E-state index in [0.717, 1.165) is 19.4 Å². The highest BCUT2D eigenvalue weighted by Crippen LogP contribution is 2.35. The fourth-order valence-electron chi connectivity index (χ4n) is 3.50. The van der Waals surface area contributed by atoms with Crippen LogP contribution in [-0.4, -0.2) is 16.3 Å². The molecule has 2 N–H and O–H groups in total. The lowest BCUT2D eigenvalue weighted by Crippen LogP contribution is -2.20. The van der Waals surface area contributed by atoms with Crippen LogP contribution in [0.4, 0.5) is 0 Å². The summed E-state index contributed by atoms with van der Waals surface area (Å²) in [5.74, 6) is 0.486. The Kier molecular flexibility index (Phi) is 4.11. The number of benzene rings is 1. The Morgan fingerprint density at radius 2 is 2.05 bits per heavy atom. The van der Waals surface area contributed by atoms with Gasteiger partial charge in [-0.2, -0.15) is 5.10 Å². The molecule has 0 fully saturated rings. The van der Waals surface area contributed by atoms with Gasteiger partial charge in [0.05, 0.1) is 5.69 Å². The van der Waals surface area contributed by atoms with Gasteiger partial charge in [-0.3, -0.25) is 4.68 Å². The quantitative estimate of drug-likeness (QED) is 0.934. The number of nitrogens with zero attached hydrogens (tertiary/aromatic N) is 2. The van der Waals surface area contributed by atoms with Gasteiger partial charge in [-0.25, -0.2) is 0 Å². The number of rotatable bonds is 4. The van der Waals surface area contributed by atoms with E-state index in [9.17, 15) is 0 Å². The SMILES string of the molecule is CC(C)n1nc(Cc2ccccc2)c2c1CCCC2CN. The summed E-state index contributed by atoms with van der Waals surface area (Å²) in [5, 5.41) is 4.95. The van der Waals surface area contributed by atoms with Crippen LogP contribution in [0.5, 0.6) is 0 Å². The smallest absolute Gasteiger partial charge is 0.0706 e. The Balaban J connectivity index is 2.03. The molecule has 0 radical (unpaired) electrons. The molecule has 3 nitrogen and oxygen atoms in total. The van der Waals surface area contributed by atoms with Crippen LogP contribution in [0, 0.1) is 0 Å². The molecule has 3 heteroatoms. The van der Waals surface area contributed by atoms with Crippen LogP contribution in [0.1, 0.15) is 61.2 Å². The first-order chi connectivity index (χ1) is 10.2. The van der Waals surface area contributed by atoms with Crippen LogP contribution in [0.2, 0.25) is 0 Å². The van der Waals surface area contributed by atoms with Gasteiger partial charge in [0.1, 0.15) is 0 Å². The monoisotopic (exact) mass is 283 g/mol. The van der Waals surface area contributed by atoms with Gasteiger partial charge >= 0.3 is 0 Å². The van der Waals surface area contributed by atoms with Gasteiger partial charge in [-0.1, -0.05) is 30.3 Å². The van der Waals surface area contributed by atoms with Crippen molar-refractivity contribution >= 4 is 0 Å². The fraction of sp³-hybridized carbons (Fsp3) is 0.500. The highest BCUT2D eigenvalue weighted by atomic mass is 15.3. The third-order valence-corrected chi connectivity index (χ3v) is 4.49. The third kappa shape index (κ3) is 2.75. The van der Waals surface area contributed by atoms with E-state index in [4.69, 9.17) is 10.8 Å². The van der Waals surface area contributed by atoms with Crippen molar-refractivity contribution in [2.45, 2.75) is 51.5 Å². The summed E-state index contributed by atoms with van der Waals surface area (Å²) in [5.41, 5.74) is 11.5. The van der Waals surface area contributed by atoms with E-state index in [1.54, 1.807) is 0 Å². The molecule has 112 valence electrons. The van der Waals surface area contributed by atoms with Gasteiger partial charge < -0.3 is 5.73 Å². The molecule has 1 aliphatic rings. The summed E-state index contributed by atoms with van der Waals surface area (Å²) < 4.78 is 2.23. The summed E-state index contributed by atoms with van der Waals surface area (Å²) in [6.07, 6.45) is 4.50. The lowest BCUT2D eigenvalue weighted by molar-refractivity contribution is 0.478. The van der Waals surface area contributed by atoms with Crippen molar-refractivity contribution in [1.82, 2.24) is 9.78 Å². The summed E-state index contributed by atoms with van der Waals surface area (Å²) in [6, 6.07) is 11.0. The van der Waals surface area contributed by atoms with Crippen LogP contribution in [0.25, 0.3) is 0 Å². The van der Waals surface area contributed by atoms with Gasteiger partial charge in [-0.15, -0.1) is 0 Å². The first-order valence-electron chi connectivity index (χ1n) is 8.04. The molecule has 0 saturated heterocycles. The molecular weight excluding hydrogens is 258 g/mol. The van der Waals surface area contributed by atoms with Crippen molar-refractivity contribution in [1.29, 1.82) is 0 Å². The standard InChI is InChI=1S/C18H25N3/c1-13(2)21-17-10-6-9-15(12-19)18(17)16(20-21)11-14-7-4-3-5-8-14/h3-5,7-8,13,15H,6,9-12,19H2,1-2H3. The molecule has 1 heterocycles. The topological polar surface area (TPSA) is 43.8 Å². The zero-order chi connectivity index (χ0) is 14.8. The summed E-state index contributed by atoms with van der Waals surface area (Å²) in [6.45, 7) is 5.16. The second-order valence-corrected chi connectivity index (χ2v) is 6.33. The Morgan fingerprint density at radius 3 is 2.71 bits per heavy atom. The van der Waals surface area contributed by atoms with Crippen LogP contribution in [0.15, 0.2) is 30.3 Å². The molecule has 3 rings (SSSR count). The summed E-state index contributed by atoms with van der Waals surface area (Å²) in [4.78, 5) is 0. The van der Waals surface area contributed by atoms with Crippen molar-refractivity contribution in [3.05, 3.63) is 52.8 Å². The molecule has 0 aliphatic heterocycles. The van der Waals surface area contributed by atoms with Crippen LogP contribution < -0.4 is 5.73 Å². The third-order valence-electron chi connectivity index (χ3n) is 4.49. The Hall–Kier alpha value is -1.61. The van der Waals surface area contributed by atoms with Crippen LogP contribution in [0.3, 0.4) is 0 Å². The molecule has 0 amide bonds. The number of hydrogen-bond donors (Lipinski definition) is 1. The van der Waals surface area contributed by atoms with Crippen molar-refractivity contribution < 1.29 is 0 Å². The molecule has 0 spiro atoms. The predicted octanol–water partition coefficient (Wildman–Crippen LogP) is 3.43. The number of hydrogen-bond acceptors (Lipinski definition) is 2. The Labute approximate surface area is 127 Å². The molecule has 1 aromatic carbocycles. The highest BCUT2D eigenvalue weighted by Gasteiger charge is 2.28. The maximum Gasteiger partial charge on any atom is 0.0706 e. The maximum absolute atomic E-state index is 6.03. The Bertz CT molecular complexity index is 598. The molecule has 1 aliphatic carbocycles. The van der Waals surface area contributed by atoms with E-state index in [-0.39, 0.29) is 0 Å².